The van der Waals surface area contributed by atoms with Crippen molar-refractivity contribution < 1.29 is 9.53 Å². The number of amides is 2. The highest BCUT2D eigenvalue weighted by Crippen LogP contribution is 2.17. The standard InChI is InChI=1S/C15H23N3O2/c1-18(13-4-3-10-16-11-9-13)15(19)17-12-5-7-14(20-2)8-6-12/h5-8,13,16H,3-4,9-11H2,1-2H3,(H,17,19). The average Bonchev–Trinajstić information content (AvgIpc) is 2.76. The van der Waals surface area contributed by atoms with Gasteiger partial charge in [-0.25, -0.2) is 4.79 Å². The van der Waals surface area contributed by atoms with Gasteiger partial charge in [-0.3, -0.25) is 0 Å². The van der Waals surface area contributed by atoms with Gasteiger partial charge in [0.15, 0.2) is 0 Å². The number of anilines is 1. The van der Waals surface area contributed by atoms with Crippen LogP contribution in [0, 0.1) is 0 Å². The zero-order chi connectivity index (χ0) is 14.4. The summed E-state index contributed by atoms with van der Waals surface area (Å²) in [5.74, 6) is 0.784. The van der Waals surface area contributed by atoms with Gasteiger partial charge in [0.05, 0.1) is 7.11 Å². The molecule has 1 heterocycles. The Balaban J connectivity index is 1.92. The Morgan fingerprint density at radius 1 is 1.30 bits per heavy atom. The fourth-order valence-electron chi connectivity index (χ4n) is 2.44. The summed E-state index contributed by atoms with van der Waals surface area (Å²) in [6, 6.07) is 7.62. The third-order valence-electron chi connectivity index (χ3n) is 3.75. The van der Waals surface area contributed by atoms with E-state index in [1.165, 1.54) is 0 Å². The lowest BCUT2D eigenvalue weighted by Gasteiger charge is -2.27. The van der Waals surface area contributed by atoms with Crippen LogP contribution in [-0.2, 0) is 0 Å². The molecule has 0 saturated carbocycles. The Bertz CT molecular complexity index is 425. The van der Waals surface area contributed by atoms with Crippen LogP contribution >= 0.6 is 0 Å². The lowest BCUT2D eigenvalue weighted by molar-refractivity contribution is 0.198. The van der Waals surface area contributed by atoms with Crippen LogP contribution in [0.25, 0.3) is 0 Å². The molecule has 0 spiro atoms. The number of ether oxygens (including phenoxy) is 1. The van der Waals surface area contributed by atoms with Crippen molar-refractivity contribution in [2.75, 3.05) is 32.6 Å². The van der Waals surface area contributed by atoms with Gasteiger partial charge in [0, 0.05) is 18.8 Å². The molecule has 0 aromatic heterocycles. The Morgan fingerprint density at radius 2 is 2.05 bits per heavy atom. The quantitative estimate of drug-likeness (QED) is 0.891. The molecule has 0 bridgehead atoms. The average molecular weight is 277 g/mol. The third-order valence-corrected chi connectivity index (χ3v) is 3.75. The molecule has 0 radical (unpaired) electrons. The predicted molar refractivity (Wildman–Crippen MR) is 80.3 cm³/mol. The number of hydrogen-bond acceptors (Lipinski definition) is 3. The molecule has 1 aliphatic heterocycles. The maximum Gasteiger partial charge on any atom is 0.321 e. The molecule has 1 fully saturated rings. The minimum Gasteiger partial charge on any atom is -0.497 e. The lowest BCUT2D eigenvalue weighted by atomic mass is 10.1. The molecule has 1 aliphatic rings. The normalized spacial score (nSPS) is 19.0. The molecule has 1 atom stereocenters. The molecule has 5 heteroatoms. The summed E-state index contributed by atoms with van der Waals surface area (Å²) in [5, 5.41) is 6.28. The molecule has 5 nitrogen and oxygen atoms in total. The van der Waals surface area contributed by atoms with Gasteiger partial charge in [-0.1, -0.05) is 0 Å². The minimum atomic E-state index is -0.0536. The van der Waals surface area contributed by atoms with Crippen molar-refractivity contribution in [3.8, 4) is 5.75 Å². The van der Waals surface area contributed by atoms with E-state index in [9.17, 15) is 4.79 Å². The van der Waals surface area contributed by atoms with Crippen LogP contribution in [0.1, 0.15) is 19.3 Å². The predicted octanol–water partition coefficient (Wildman–Crippen LogP) is 2.30. The van der Waals surface area contributed by atoms with Crippen LogP contribution in [0.5, 0.6) is 5.75 Å². The second-order valence-corrected chi connectivity index (χ2v) is 5.10. The molecule has 110 valence electrons. The SMILES string of the molecule is COc1ccc(NC(=O)N(C)C2CCCNCC2)cc1. The Hall–Kier alpha value is -1.75. The Kier molecular flexibility index (Phi) is 5.24. The number of hydrogen-bond donors (Lipinski definition) is 2. The number of methoxy groups -OCH3 is 1. The van der Waals surface area contributed by atoms with Crippen LogP contribution in [0.3, 0.4) is 0 Å². The van der Waals surface area contributed by atoms with Crippen LogP contribution in [0.15, 0.2) is 24.3 Å². The van der Waals surface area contributed by atoms with E-state index < -0.39 is 0 Å². The zero-order valence-corrected chi connectivity index (χ0v) is 12.2. The smallest absolute Gasteiger partial charge is 0.321 e. The van der Waals surface area contributed by atoms with Gasteiger partial charge in [0.1, 0.15) is 5.75 Å². The van der Waals surface area contributed by atoms with E-state index in [1.807, 2.05) is 36.2 Å². The van der Waals surface area contributed by atoms with E-state index in [4.69, 9.17) is 4.74 Å². The second-order valence-electron chi connectivity index (χ2n) is 5.10. The fourth-order valence-corrected chi connectivity index (χ4v) is 2.44. The van der Waals surface area contributed by atoms with Gasteiger partial charge in [-0.15, -0.1) is 0 Å². The van der Waals surface area contributed by atoms with E-state index >= 15 is 0 Å². The number of urea groups is 1. The van der Waals surface area contributed by atoms with E-state index in [1.54, 1.807) is 7.11 Å². The minimum absolute atomic E-state index is 0.0536. The fraction of sp³-hybridized carbons (Fsp3) is 0.533. The topological polar surface area (TPSA) is 53.6 Å². The van der Waals surface area contributed by atoms with E-state index in [0.717, 1.165) is 43.8 Å². The van der Waals surface area contributed by atoms with Crippen molar-refractivity contribution in [3.05, 3.63) is 24.3 Å². The highest BCUT2D eigenvalue weighted by molar-refractivity contribution is 5.89. The molecule has 2 amide bonds. The maximum atomic E-state index is 12.2. The van der Waals surface area contributed by atoms with Gasteiger partial charge in [-0.2, -0.15) is 0 Å². The first-order valence-electron chi connectivity index (χ1n) is 7.09. The molecule has 2 N–H and O–H groups in total. The van der Waals surface area contributed by atoms with E-state index in [2.05, 4.69) is 10.6 Å². The Labute approximate surface area is 120 Å². The first-order chi connectivity index (χ1) is 9.70. The van der Waals surface area contributed by atoms with Crippen LogP contribution in [-0.4, -0.2) is 44.2 Å². The lowest BCUT2D eigenvalue weighted by Crippen LogP contribution is -2.40. The van der Waals surface area contributed by atoms with Crippen LogP contribution in [0.2, 0.25) is 0 Å². The van der Waals surface area contributed by atoms with Crippen molar-refractivity contribution in [1.82, 2.24) is 10.2 Å². The van der Waals surface area contributed by atoms with Gasteiger partial charge in [0.2, 0.25) is 0 Å². The van der Waals surface area contributed by atoms with Crippen LogP contribution in [0.4, 0.5) is 10.5 Å². The molecule has 0 aliphatic carbocycles. The van der Waals surface area contributed by atoms with Crippen molar-refractivity contribution >= 4 is 11.7 Å². The number of benzene rings is 1. The van der Waals surface area contributed by atoms with Crippen LogP contribution < -0.4 is 15.4 Å². The highest BCUT2D eigenvalue weighted by Gasteiger charge is 2.20. The number of carbonyl (C=O) groups is 1. The number of nitrogens with zero attached hydrogens (tertiary/aromatic N) is 1. The van der Waals surface area contributed by atoms with Gasteiger partial charge >= 0.3 is 6.03 Å². The number of nitrogens with one attached hydrogen (secondary N) is 2. The summed E-state index contributed by atoms with van der Waals surface area (Å²) < 4.78 is 5.10. The van der Waals surface area contributed by atoms with Gasteiger partial charge in [0.25, 0.3) is 0 Å². The molecule has 1 aromatic rings. The first-order valence-corrected chi connectivity index (χ1v) is 7.09. The summed E-state index contributed by atoms with van der Waals surface area (Å²) in [7, 11) is 3.50. The summed E-state index contributed by atoms with van der Waals surface area (Å²) in [4.78, 5) is 14.1. The molecule has 20 heavy (non-hydrogen) atoms. The Morgan fingerprint density at radius 3 is 2.75 bits per heavy atom. The monoisotopic (exact) mass is 277 g/mol. The molecular weight excluding hydrogens is 254 g/mol. The highest BCUT2D eigenvalue weighted by atomic mass is 16.5. The summed E-state index contributed by atoms with van der Waals surface area (Å²) in [6.07, 6.45) is 3.18. The summed E-state index contributed by atoms with van der Waals surface area (Å²) >= 11 is 0. The maximum absolute atomic E-state index is 12.2. The molecular formula is C15H23N3O2. The molecule has 1 unspecified atom stereocenters. The zero-order valence-electron chi connectivity index (χ0n) is 12.2. The summed E-state index contributed by atoms with van der Waals surface area (Å²) in [6.45, 7) is 2.02. The molecule has 1 aromatic carbocycles. The molecule has 2 rings (SSSR count). The molecule has 1 saturated heterocycles. The largest absolute Gasteiger partial charge is 0.497 e. The van der Waals surface area contributed by atoms with Crippen molar-refractivity contribution in [2.24, 2.45) is 0 Å². The first kappa shape index (κ1) is 14.7. The van der Waals surface area contributed by atoms with Gasteiger partial charge < -0.3 is 20.3 Å². The van der Waals surface area contributed by atoms with Crippen molar-refractivity contribution in [1.29, 1.82) is 0 Å². The second kappa shape index (κ2) is 7.14. The number of carbonyl (C=O) groups excluding carboxylic acids is 1. The third kappa shape index (κ3) is 3.87. The summed E-state index contributed by atoms with van der Waals surface area (Å²) in [5.41, 5.74) is 0.786. The van der Waals surface area contributed by atoms with Gasteiger partial charge in [-0.05, 0) is 56.6 Å². The van der Waals surface area contributed by atoms with E-state index in [-0.39, 0.29) is 6.03 Å². The van der Waals surface area contributed by atoms with E-state index in [0.29, 0.717) is 6.04 Å². The number of rotatable bonds is 3. The van der Waals surface area contributed by atoms with Crippen molar-refractivity contribution in [2.45, 2.75) is 25.3 Å². The van der Waals surface area contributed by atoms with Crippen molar-refractivity contribution in [3.63, 3.8) is 0 Å².